The van der Waals surface area contributed by atoms with Crippen LogP contribution in [-0.2, 0) is 10.0 Å². The van der Waals surface area contributed by atoms with Crippen molar-refractivity contribution in [3.8, 4) is 0 Å². The first kappa shape index (κ1) is 20.6. The average Bonchev–Trinajstić information content (AvgIpc) is 2.68. The minimum Gasteiger partial charge on any atom is -0.325 e. The second-order valence-corrected chi connectivity index (χ2v) is 8.88. The molecule has 0 saturated carbocycles. The van der Waals surface area contributed by atoms with Gasteiger partial charge in [0.1, 0.15) is 5.82 Å². The molecule has 1 heterocycles. The molecule has 0 aromatic heterocycles. The number of rotatable bonds is 5. The number of urea groups is 1. The minimum absolute atomic E-state index is 0.135. The molecule has 28 heavy (non-hydrogen) atoms. The number of sulfonamides is 1. The van der Waals surface area contributed by atoms with Crippen molar-refractivity contribution in [3.63, 3.8) is 0 Å². The van der Waals surface area contributed by atoms with Gasteiger partial charge in [0.05, 0.1) is 4.90 Å². The molecule has 0 atom stereocenters. The summed E-state index contributed by atoms with van der Waals surface area (Å²) < 4.78 is 40.3. The number of benzene rings is 2. The Kier molecular flexibility index (Phi) is 6.53. The fraction of sp³-hybridized carbons (Fsp3) is 0.316. The van der Waals surface area contributed by atoms with Gasteiger partial charge in [-0.25, -0.2) is 22.3 Å². The Morgan fingerprint density at radius 1 is 1.14 bits per heavy atom. The maximum atomic E-state index is 12.9. The molecule has 0 bridgehead atoms. The minimum atomic E-state index is -3.61. The zero-order valence-electron chi connectivity index (χ0n) is 15.1. The number of piperidine rings is 1. The molecule has 150 valence electrons. The van der Waals surface area contributed by atoms with Crippen molar-refractivity contribution in [3.05, 3.63) is 59.4 Å². The van der Waals surface area contributed by atoms with Gasteiger partial charge < -0.3 is 10.2 Å². The summed E-state index contributed by atoms with van der Waals surface area (Å²) in [6, 6.07) is 11.5. The van der Waals surface area contributed by atoms with E-state index in [2.05, 4.69) is 10.0 Å². The summed E-state index contributed by atoms with van der Waals surface area (Å²) in [7, 11) is -3.61. The van der Waals surface area contributed by atoms with Crippen molar-refractivity contribution in [1.82, 2.24) is 9.62 Å². The Labute approximate surface area is 168 Å². The molecule has 9 heteroatoms. The van der Waals surface area contributed by atoms with Gasteiger partial charge in [-0.2, -0.15) is 0 Å². The van der Waals surface area contributed by atoms with Crippen LogP contribution in [0.1, 0.15) is 12.8 Å². The summed E-state index contributed by atoms with van der Waals surface area (Å²) in [6.45, 7) is 1.36. The molecule has 0 unspecified atom stereocenters. The Bertz CT molecular complexity index is 930. The summed E-state index contributed by atoms with van der Waals surface area (Å²) in [5.74, 6) is -0.220. The molecular formula is C19H21ClFN3O3S. The third-order valence-electron chi connectivity index (χ3n) is 4.67. The van der Waals surface area contributed by atoms with Crippen molar-refractivity contribution in [2.75, 3.05) is 25.0 Å². The van der Waals surface area contributed by atoms with Crippen LogP contribution >= 0.6 is 11.6 Å². The summed E-state index contributed by atoms with van der Waals surface area (Å²) in [6.07, 6.45) is 1.38. The van der Waals surface area contributed by atoms with E-state index in [1.165, 1.54) is 36.4 Å². The van der Waals surface area contributed by atoms with Crippen LogP contribution in [0.15, 0.2) is 53.4 Å². The smallest absolute Gasteiger partial charge is 0.321 e. The van der Waals surface area contributed by atoms with Crippen molar-refractivity contribution in [2.24, 2.45) is 5.92 Å². The Hall–Kier alpha value is -2.16. The largest absolute Gasteiger partial charge is 0.325 e. The Morgan fingerprint density at radius 3 is 2.46 bits per heavy atom. The van der Waals surface area contributed by atoms with Crippen LogP contribution in [0.3, 0.4) is 0 Å². The van der Waals surface area contributed by atoms with Crippen LogP contribution in [0.2, 0.25) is 5.02 Å². The van der Waals surface area contributed by atoms with E-state index in [1.807, 2.05) is 0 Å². The molecule has 1 fully saturated rings. The first-order valence-corrected chi connectivity index (χ1v) is 10.8. The van der Waals surface area contributed by atoms with Gasteiger partial charge in [-0.05, 0) is 61.2 Å². The molecule has 0 aliphatic carbocycles. The molecule has 0 radical (unpaired) electrons. The molecule has 1 saturated heterocycles. The van der Waals surface area contributed by atoms with Crippen LogP contribution in [0.4, 0.5) is 14.9 Å². The van der Waals surface area contributed by atoms with E-state index in [9.17, 15) is 17.6 Å². The van der Waals surface area contributed by atoms with E-state index in [4.69, 9.17) is 11.6 Å². The van der Waals surface area contributed by atoms with E-state index in [-0.39, 0.29) is 22.7 Å². The van der Waals surface area contributed by atoms with Crippen molar-refractivity contribution in [1.29, 1.82) is 0 Å². The van der Waals surface area contributed by atoms with E-state index in [1.54, 1.807) is 17.0 Å². The van der Waals surface area contributed by atoms with E-state index in [0.717, 1.165) is 0 Å². The number of carbonyl (C=O) groups is 1. The van der Waals surface area contributed by atoms with E-state index >= 15 is 0 Å². The molecule has 6 nitrogen and oxygen atoms in total. The first-order valence-electron chi connectivity index (χ1n) is 8.90. The first-order chi connectivity index (χ1) is 13.3. The fourth-order valence-electron chi connectivity index (χ4n) is 3.02. The number of amides is 2. The number of carbonyl (C=O) groups excluding carboxylic acids is 1. The number of likely N-dealkylation sites (tertiary alicyclic amines) is 1. The number of hydrogen-bond donors (Lipinski definition) is 2. The predicted molar refractivity (Wildman–Crippen MR) is 106 cm³/mol. The van der Waals surface area contributed by atoms with Crippen molar-refractivity contribution >= 4 is 33.3 Å². The maximum absolute atomic E-state index is 12.9. The second-order valence-electron chi connectivity index (χ2n) is 6.68. The fourth-order valence-corrected chi connectivity index (χ4v) is 4.44. The Morgan fingerprint density at radius 2 is 1.82 bits per heavy atom. The third kappa shape index (κ3) is 5.43. The highest BCUT2D eigenvalue weighted by Crippen LogP contribution is 2.20. The molecule has 2 N–H and O–H groups in total. The number of halogens is 2. The van der Waals surface area contributed by atoms with Gasteiger partial charge in [0.25, 0.3) is 0 Å². The molecule has 2 aromatic rings. The van der Waals surface area contributed by atoms with Crippen LogP contribution in [0.25, 0.3) is 0 Å². The van der Waals surface area contributed by atoms with Gasteiger partial charge in [0.2, 0.25) is 10.0 Å². The predicted octanol–water partition coefficient (Wildman–Crippen LogP) is 3.70. The second kappa shape index (κ2) is 8.89. The molecule has 0 spiro atoms. The van der Waals surface area contributed by atoms with Crippen molar-refractivity contribution in [2.45, 2.75) is 17.7 Å². The summed E-state index contributed by atoms with van der Waals surface area (Å²) in [5.41, 5.74) is 0.530. The number of anilines is 1. The average molecular weight is 426 g/mol. The van der Waals surface area contributed by atoms with Crippen LogP contribution < -0.4 is 10.0 Å². The van der Waals surface area contributed by atoms with Gasteiger partial charge >= 0.3 is 6.03 Å². The number of nitrogens with zero attached hydrogens (tertiary/aromatic N) is 1. The summed E-state index contributed by atoms with van der Waals surface area (Å²) in [4.78, 5) is 14.1. The standard InChI is InChI=1S/C19H21ClFN3O3S/c20-15-2-1-3-18(12-15)28(26,27)22-13-14-8-10-24(11-9-14)19(25)23-17-6-4-16(21)5-7-17/h1-7,12,14,22H,8-11,13H2,(H,23,25). The van der Waals surface area contributed by atoms with E-state index < -0.39 is 10.0 Å². The molecule has 2 aromatic carbocycles. The highest BCUT2D eigenvalue weighted by molar-refractivity contribution is 7.89. The monoisotopic (exact) mass is 425 g/mol. The van der Waals surface area contributed by atoms with E-state index in [0.29, 0.717) is 43.2 Å². The molecule has 1 aliphatic rings. The van der Waals surface area contributed by atoms with Crippen LogP contribution in [-0.4, -0.2) is 39.0 Å². The summed E-state index contributed by atoms with van der Waals surface area (Å²) >= 11 is 5.86. The lowest BCUT2D eigenvalue weighted by Gasteiger charge is -2.32. The van der Waals surface area contributed by atoms with Crippen LogP contribution in [0.5, 0.6) is 0 Å². The molecule has 1 aliphatic heterocycles. The summed E-state index contributed by atoms with van der Waals surface area (Å²) in [5, 5.41) is 3.10. The quantitative estimate of drug-likeness (QED) is 0.766. The van der Waals surface area contributed by atoms with Gasteiger partial charge in [0, 0.05) is 30.3 Å². The zero-order valence-corrected chi connectivity index (χ0v) is 16.6. The lowest BCUT2D eigenvalue weighted by Crippen LogP contribution is -2.43. The molecule has 3 rings (SSSR count). The lowest BCUT2D eigenvalue weighted by molar-refractivity contribution is 0.183. The lowest BCUT2D eigenvalue weighted by atomic mass is 9.97. The highest BCUT2D eigenvalue weighted by atomic mass is 35.5. The highest BCUT2D eigenvalue weighted by Gasteiger charge is 2.24. The zero-order chi connectivity index (χ0) is 20.1. The van der Waals surface area contributed by atoms with Crippen molar-refractivity contribution < 1.29 is 17.6 Å². The van der Waals surface area contributed by atoms with Gasteiger partial charge in [-0.15, -0.1) is 0 Å². The van der Waals surface area contributed by atoms with Gasteiger partial charge in [0.15, 0.2) is 0 Å². The normalized spacial score (nSPS) is 15.4. The molecular weight excluding hydrogens is 405 g/mol. The Balaban J connectivity index is 1.47. The van der Waals surface area contributed by atoms with Gasteiger partial charge in [-0.1, -0.05) is 17.7 Å². The number of nitrogens with one attached hydrogen (secondary N) is 2. The SMILES string of the molecule is O=C(Nc1ccc(F)cc1)N1CCC(CNS(=O)(=O)c2cccc(Cl)c2)CC1. The maximum Gasteiger partial charge on any atom is 0.321 e. The van der Waals surface area contributed by atoms with Gasteiger partial charge in [-0.3, -0.25) is 0 Å². The topological polar surface area (TPSA) is 78.5 Å². The molecule has 2 amide bonds. The third-order valence-corrected chi connectivity index (χ3v) is 6.32. The van der Waals surface area contributed by atoms with Crippen LogP contribution in [0, 0.1) is 11.7 Å². The number of hydrogen-bond acceptors (Lipinski definition) is 3.